The number of aryl methyl sites for hydroxylation is 3. The van der Waals surface area contributed by atoms with E-state index < -0.39 is 11.8 Å². The number of carbonyl (C=O) groups is 2. The smallest absolute Gasteiger partial charge is 0.276 e. The molecule has 2 N–H and O–H groups in total. The van der Waals surface area contributed by atoms with Crippen molar-refractivity contribution in [2.24, 2.45) is 0 Å². The van der Waals surface area contributed by atoms with E-state index in [0.717, 1.165) is 22.3 Å². The molecule has 0 saturated carbocycles. The molecule has 25 heavy (non-hydrogen) atoms. The van der Waals surface area contributed by atoms with E-state index in [0.29, 0.717) is 5.75 Å². The second kappa shape index (κ2) is 8.68. The average molecular weight is 338 g/mol. The van der Waals surface area contributed by atoms with Gasteiger partial charge in [0, 0.05) is 6.08 Å². The molecule has 0 bridgehead atoms. The predicted octanol–water partition coefficient (Wildman–Crippen LogP) is 2.85. The summed E-state index contributed by atoms with van der Waals surface area (Å²) < 4.78 is 5.52. The molecule has 2 aromatic rings. The maximum absolute atomic E-state index is 11.8. The molecule has 2 aromatic carbocycles. The maximum atomic E-state index is 11.8. The number of ether oxygens (including phenoxy) is 1. The predicted molar refractivity (Wildman–Crippen MR) is 97.9 cm³/mol. The van der Waals surface area contributed by atoms with E-state index in [1.54, 1.807) is 6.08 Å². The summed E-state index contributed by atoms with van der Waals surface area (Å²) in [7, 11) is 0. The molecule has 0 aromatic heterocycles. The number of para-hydroxylation sites is 1. The highest BCUT2D eigenvalue weighted by Crippen LogP contribution is 2.21. The fourth-order valence-corrected chi connectivity index (χ4v) is 2.22. The number of benzene rings is 2. The molecule has 0 aliphatic rings. The Kier molecular flexibility index (Phi) is 6.34. The van der Waals surface area contributed by atoms with Crippen LogP contribution in [0.25, 0.3) is 6.08 Å². The minimum absolute atomic E-state index is 0.173. The lowest BCUT2D eigenvalue weighted by molar-refractivity contribution is -0.128. The molecule has 0 saturated heterocycles. The molecule has 0 aliphatic heterocycles. The van der Waals surface area contributed by atoms with Gasteiger partial charge in [0.15, 0.2) is 6.61 Å². The van der Waals surface area contributed by atoms with Crippen LogP contribution in [0.3, 0.4) is 0 Å². The second-order valence-corrected chi connectivity index (χ2v) is 5.79. The van der Waals surface area contributed by atoms with Crippen molar-refractivity contribution >= 4 is 17.9 Å². The summed E-state index contributed by atoms with van der Waals surface area (Å²) in [4.78, 5) is 23.5. The minimum atomic E-state index is -0.431. The molecule has 0 aliphatic carbocycles. The van der Waals surface area contributed by atoms with Crippen LogP contribution in [0.2, 0.25) is 0 Å². The summed E-state index contributed by atoms with van der Waals surface area (Å²) >= 11 is 0. The van der Waals surface area contributed by atoms with Gasteiger partial charge < -0.3 is 4.74 Å². The Labute approximate surface area is 147 Å². The fourth-order valence-electron chi connectivity index (χ4n) is 2.22. The monoisotopic (exact) mass is 338 g/mol. The zero-order valence-corrected chi connectivity index (χ0v) is 14.6. The summed E-state index contributed by atoms with van der Waals surface area (Å²) in [5.41, 5.74) is 8.62. The van der Waals surface area contributed by atoms with Gasteiger partial charge in [-0.05, 0) is 43.5 Å². The lowest BCUT2D eigenvalue weighted by Crippen LogP contribution is -2.43. The number of rotatable bonds is 5. The number of carbonyl (C=O) groups excluding carboxylic acids is 2. The van der Waals surface area contributed by atoms with Crippen molar-refractivity contribution in [2.45, 2.75) is 20.8 Å². The van der Waals surface area contributed by atoms with Crippen LogP contribution in [0.4, 0.5) is 0 Å². The second-order valence-electron chi connectivity index (χ2n) is 5.79. The van der Waals surface area contributed by atoms with E-state index in [1.165, 1.54) is 6.08 Å². The molecule has 2 amide bonds. The first-order valence-electron chi connectivity index (χ1n) is 7.98. The summed E-state index contributed by atoms with van der Waals surface area (Å²) in [6.45, 7) is 5.65. The van der Waals surface area contributed by atoms with Gasteiger partial charge in [-0.2, -0.15) is 0 Å². The zero-order valence-electron chi connectivity index (χ0n) is 14.6. The third-order valence-electron chi connectivity index (χ3n) is 3.59. The number of nitrogens with one attached hydrogen (secondary N) is 2. The van der Waals surface area contributed by atoms with E-state index in [1.807, 2.05) is 63.2 Å². The van der Waals surface area contributed by atoms with E-state index in [2.05, 4.69) is 10.9 Å². The van der Waals surface area contributed by atoms with E-state index in [9.17, 15) is 9.59 Å². The lowest BCUT2D eigenvalue weighted by Gasteiger charge is -2.11. The molecule has 2 rings (SSSR count). The van der Waals surface area contributed by atoms with Gasteiger partial charge in [-0.1, -0.05) is 48.0 Å². The lowest BCUT2D eigenvalue weighted by atomic mass is 10.1. The van der Waals surface area contributed by atoms with Crippen molar-refractivity contribution in [1.29, 1.82) is 0 Å². The molecular formula is C20H22N2O3. The van der Waals surface area contributed by atoms with Crippen LogP contribution < -0.4 is 15.6 Å². The first-order chi connectivity index (χ1) is 12.0. The fraction of sp³-hybridized carbons (Fsp3) is 0.200. The molecule has 5 nitrogen and oxygen atoms in total. The molecular weight excluding hydrogens is 316 g/mol. The number of hydrazine groups is 1. The third-order valence-corrected chi connectivity index (χ3v) is 3.59. The summed E-state index contributed by atoms with van der Waals surface area (Å²) in [6.07, 6.45) is 3.03. The van der Waals surface area contributed by atoms with Crippen LogP contribution in [0.1, 0.15) is 22.3 Å². The van der Waals surface area contributed by atoms with Crippen LogP contribution >= 0.6 is 0 Å². The minimum Gasteiger partial charge on any atom is -0.483 e. The molecule has 0 heterocycles. The first-order valence-corrected chi connectivity index (χ1v) is 7.98. The molecule has 0 fully saturated rings. The van der Waals surface area contributed by atoms with Crippen molar-refractivity contribution in [3.63, 3.8) is 0 Å². The van der Waals surface area contributed by atoms with Crippen LogP contribution in [0.5, 0.6) is 5.75 Å². The van der Waals surface area contributed by atoms with Crippen LogP contribution in [-0.2, 0) is 9.59 Å². The summed E-state index contributed by atoms with van der Waals surface area (Å²) in [5.74, 6) is -0.163. The van der Waals surface area contributed by atoms with E-state index >= 15 is 0 Å². The topological polar surface area (TPSA) is 67.4 Å². The Bertz CT molecular complexity index is 760. The van der Waals surface area contributed by atoms with Crippen molar-refractivity contribution in [2.75, 3.05) is 6.61 Å². The Balaban J connectivity index is 1.77. The van der Waals surface area contributed by atoms with Gasteiger partial charge in [0.25, 0.3) is 11.8 Å². The zero-order chi connectivity index (χ0) is 18.2. The van der Waals surface area contributed by atoms with Gasteiger partial charge >= 0.3 is 0 Å². The van der Waals surface area contributed by atoms with Gasteiger partial charge in [-0.3, -0.25) is 20.4 Å². The molecule has 0 atom stereocenters. The molecule has 0 radical (unpaired) electrons. The normalized spacial score (nSPS) is 10.5. The molecule has 130 valence electrons. The van der Waals surface area contributed by atoms with Crippen molar-refractivity contribution in [1.82, 2.24) is 10.9 Å². The number of hydrogen-bond acceptors (Lipinski definition) is 3. The first kappa shape index (κ1) is 18.3. The number of hydrogen-bond donors (Lipinski definition) is 2. The Morgan fingerprint density at radius 2 is 1.60 bits per heavy atom. The highest BCUT2D eigenvalue weighted by atomic mass is 16.5. The molecule has 0 spiro atoms. The third kappa shape index (κ3) is 5.80. The van der Waals surface area contributed by atoms with Crippen LogP contribution in [0.15, 0.2) is 48.5 Å². The highest BCUT2D eigenvalue weighted by Gasteiger charge is 2.07. The van der Waals surface area contributed by atoms with Crippen molar-refractivity contribution in [3.05, 3.63) is 70.8 Å². The molecule has 5 heteroatoms. The summed E-state index contributed by atoms with van der Waals surface area (Å²) in [5, 5.41) is 0. The van der Waals surface area contributed by atoms with Crippen molar-refractivity contribution < 1.29 is 14.3 Å². The molecule has 0 unspecified atom stereocenters. The van der Waals surface area contributed by atoms with Crippen LogP contribution in [0, 0.1) is 20.8 Å². The maximum Gasteiger partial charge on any atom is 0.276 e. The number of amides is 2. The van der Waals surface area contributed by atoms with Gasteiger partial charge in [0.2, 0.25) is 0 Å². The standard InChI is InChI=1S/C20H22N2O3/c1-14-7-9-17(10-8-14)11-12-18(23)21-22-19(24)13-25-20-15(2)5-4-6-16(20)3/h4-12H,13H2,1-3H3,(H,21,23)(H,22,24). The van der Waals surface area contributed by atoms with E-state index in [4.69, 9.17) is 4.74 Å². The average Bonchev–Trinajstić information content (AvgIpc) is 2.59. The van der Waals surface area contributed by atoms with Crippen molar-refractivity contribution in [3.8, 4) is 5.75 Å². The highest BCUT2D eigenvalue weighted by molar-refractivity contribution is 5.93. The van der Waals surface area contributed by atoms with E-state index in [-0.39, 0.29) is 6.61 Å². The van der Waals surface area contributed by atoms with Crippen LogP contribution in [-0.4, -0.2) is 18.4 Å². The van der Waals surface area contributed by atoms with Gasteiger partial charge in [0.1, 0.15) is 5.75 Å². The van der Waals surface area contributed by atoms with Gasteiger partial charge in [-0.15, -0.1) is 0 Å². The largest absolute Gasteiger partial charge is 0.483 e. The quantitative estimate of drug-likeness (QED) is 0.651. The summed E-state index contributed by atoms with van der Waals surface area (Å²) in [6, 6.07) is 13.5. The Morgan fingerprint density at radius 3 is 2.24 bits per heavy atom. The Hall–Kier alpha value is -3.08. The Morgan fingerprint density at radius 1 is 0.960 bits per heavy atom. The SMILES string of the molecule is Cc1ccc(C=CC(=O)NNC(=O)COc2c(C)cccc2C)cc1. The van der Waals surface area contributed by atoms with Gasteiger partial charge in [-0.25, -0.2) is 0 Å². The van der Waals surface area contributed by atoms with Gasteiger partial charge in [0.05, 0.1) is 0 Å².